The number of thiocarbonyl (C=S) groups is 1. The average molecular weight is 404 g/mol. The van der Waals surface area contributed by atoms with E-state index < -0.39 is 0 Å². The number of rotatable bonds is 5. The number of nitrogens with one attached hydrogen (secondary N) is 2. The van der Waals surface area contributed by atoms with Crippen molar-refractivity contribution in [3.63, 3.8) is 0 Å². The second kappa shape index (κ2) is 8.21. The maximum absolute atomic E-state index is 14.2. The maximum Gasteiger partial charge on any atom is 0.169 e. The minimum absolute atomic E-state index is 0.0202. The summed E-state index contributed by atoms with van der Waals surface area (Å²) in [4.78, 5) is 1.97. The monoisotopic (exact) mass is 403 g/mol. The van der Waals surface area contributed by atoms with Crippen LogP contribution in [0.3, 0.4) is 0 Å². The number of halogens is 1. The highest BCUT2D eigenvalue weighted by Gasteiger charge is 2.38. The van der Waals surface area contributed by atoms with E-state index in [2.05, 4.69) is 38.3 Å². The van der Waals surface area contributed by atoms with E-state index in [1.807, 2.05) is 23.1 Å². The van der Waals surface area contributed by atoms with Gasteiger partial charge < -0.3 is 20.0 Å². The molecule has 0 radical (unpaired) electrons. The average Bonchev–Trinajstić information content (AvgIpc) is 3.06. The molecule has 0 aliphatic carbocycles. The molecule has 1 aliphatic rings. The smallest absolute Gasteiger partial charge is 0.169 e. The molecule has 1 fully saturated rings. The second-order valence-corrected chi connectivity index (χ2v) is 9.36. The van der Waals surface area contributed by atoms with Crippen LogP contribution in [0.15, 0.2) is 47.1 Å². The molecular weight excluding hydrogens is 373 g/mol. The summed E-state index contributed by atoms with van der Waals surface area (Å²) in [7, 11) is 0. The van der Waals surface area contributed by atoms with E-state index in [0.29, 0.717) is 23.8 Å². The van der Waals surface area contributed by atoms with Crippen molar-refractivity contribution >= 4 is 17.3 Å². The van der Waals surface area contributed by atoms with Gasteiger partial charge in [-0.15, -0.1) is 0 Å². The lowest BCUT2D eigenvalue weighted by atomic mass is 9.80. The van der Waals surface area contributed by atoms with Gasteiger partial charge in [-0.3, -0.25) is 0 Å². The molecule has 152 valence electrons. The molecule has 0 atom stereocenters. The van der Waals surface area contributed by atoms with E-state index in [1.165, 1.54) is 6.07 Å². The van der Waals surface area contributed by atoms with E-state index in [4.69, 9.17) is 16.6 Å². The quantitative estimate of drug-likeness (QED) is 0.714. The second-order valence-electron chi connectivity index (χ2n) is 8.97. The molecule has 0 saturated carbocycles. The Bertz CT molecular complexity index is 788. The predicted octanol–water partition coefficient (Wildman–Crippen LogP) is 4.60. The van der Waals surface area contributed by atoms with Gasteiger partial charge in [-0.25, -0.2) is 4.39 Å². The van der Waals surface area contributed by atoms with Gasteiger partial charge in [0.2, 0.25) is 0 Å². The van der Waals surface area contributed by atoms with Crippen LogP contribution in [0.4, 0.5) is 4.39 Å². The highest BCUT2D eigenvalue weighted by molar-refractivity contribution is 7.80. The SMILES string of the molecule is CC1(C)CC(NC(=S)N(Cc2ccco2)Cc2ccccc2F)CC(C)(C)N1. The molecule has 1 aromatic heterocycles. The van der Waals surface area contributed by atoms with Crippen molar-refractivity contribution in [3.8, 4) is 0 Å². The first kappa shape index (κ1) is 20.8. The first-order valence-corrected chi connectivity index (χ1v) is 10.1. The third-order valence-corrected chi connectivity index (χ3v) is 5.43. The zero-order valence-corrected chi connectivity index (χ0v) is 17.9. The standard InChI is InChI=1S/C22H30FN3OS/c1-21(2)12-17(13-22(3,4)25-21)24-20(28)26(15-18-9-7-11-27-18)14-16-8-5-6-10-19(16)23/h5-11,17,25H,12-15H2,1-4H3,(H,24,28). The number of piperidine rings is 1. The number of benzene rings is 1. The van der Waals surface area contributed by atoms with E-state index in [9.17, 15) is 4.39 Å². The van der Waals surface area contributed by atoms with Crippen molar-refractivity contribution in [1.29, 1.82) is 0 Å². The molecule has 2 aromatic rings. The van der Waals surface area contributed by atoms with Gasteiger partial charge in [0, 0.05) is 29.2 Å². The molecule has 3 rings (SSSR count). The third kappa shape index (κ3) is 5.55. The fourth-order valence-electron chi connectivity index (χ4n) is 4.31. The Hall–Kier alpha value is -1.92. The summed E-state index contributed by atoms with van der Waals surface area (Å²) in [5, 5.41) is 7.85. The molecule has 0 unspecified atom stereocenters. The summed E-state index contributed by atoms with van der Waals surface area (Å²) in [5.41, 5.74) is 0.655. The number of hydrogen-bond acceptors (Lipinski definition) is 3. The Morgan fingerprint density at radius 1 is 1.14 bits per heavy atom. The van der Waals surface area contributed by atoms with E-state index in [0.717, 1.165) is 18.6 Å². The van der Waals surface area contributed by atoms with Crippen LogP contribution in [0, 0.1) is 5.82 Å². The summed E-state index contributed by atoms with van der Waals surface area (Å²) in [5.74, 6) is 0.574. The van der Waals surface area contributed by atoms with Crippen molar-refractivity contribution in [2.75, 3.05) is 0 Å². The normalized spacial score (nSPS) is 18.6. The summed E-state index contributed by atoms with van der Waals surface area (Å²) in [6.45, 7) is 9.73. The number of furan rings is 1. The minimum Gasteiger partial charge on any atom is -0.467 e. The molecule has 28 heavy (non-hydrogen) atoms. The molecule has 2 heterocycles. The van der Waals surface area contributed by atoms with Gasteiger partial charge in [0.1, 0.15) is 11.6 Å². The van der Waals surface area contributed by atoms with Crippen LogP contribution >= 0.6 is 12.2 Å². The molecule has 2 N–H and O–H groups in total. The topological polar surface area (TPSA) is 40.4 Å². The number of hydrogen-bond donors (Lipinski definition) is 2. The zero-order valence-electron chi connectivity index (χ0n) is 17.1. The highest BCUT2D eigenvalue weighted by Crippen LogP contribution is 2.28. The van der Waals surface area contributed by atoms with E-state index in [-0.39, 0.29) is 22.9 Å². The van der Waals surface area contributed by atoms with E-state index in [1.54, 1.807) is 18.4 Å². The van der Waals surface area contributed by atoms with Crippen LogP contribution in [-0.2, 0) is 13.1 Å². The summed E-state index contributed by atoms with van der Waals surface area (Å²) < 4.78 is 19.7. The van der Waals surface area contributed by atoms with Gasteiger partial charge in [0.15, 0.2) is 5.11 Å². The minimum atomic E-state index is -0.223. The fourth-order valence-corrected chi connectivity index (χ4v) is 4.61. The van der Waals surface area contributed by atoms with Crippen molar-refractivity contribution in [2.45, 2.75) is 70.7 Å². The van der Waals surface area contributed by atoms with Crippen molar-refractivity contribution < 1.29 is 8.81 Å². The van der Waals surface area contributed by atoms with Gasteiger partial charge >= 0.3 is 0 Å². The Morgan fingerprint density at radius 2 is 1.82 bits per heavy atom. The van der Waals surface area contributed by atoms with Gasteiger partial charge in [-0.1, -0.05) is 18.2 Å². The lowest BCUT2D eigenvalue weighted by Gasteiger charge is -2.47. The molecule has 0 spiro atoms. The van der Waals surface area contributed by atoms with Gasteiger partial charge in [-0.05, 0) is 71.0 Å². The molecule has 4 nitrogen and oxygen atoms in total. The van der Waals surface area contributed by atoms with Gasteiger partial charge in [0.05, 0.1) is 12.8 Å². The number of nitrogens with zero attached hydrogens (tertiary/aromatic N) is 1. The molecule has 0 amide bonds. The molecule has 1 aromatic carbocycles. The Morgan fingerprint density at radius 3 is 2.43 bits per heavy atom. The Labute approximate surface area is 172 Å². The van der Waals surface area contributed by atoms with Crippen molar-refractivity contribution in [3.05, 3.63) is 59.8 Å². The zero-order chi connectivity index (χ0) is 20.4. The summed E-state index contributed by atoms with van der Waals surface area (Å²) >= 11 is 5.75. The first-order chi connectivity index (χ1) is 13.1. The van der Waals surface area contributed by atoms with Crippen molar-refractivity contribution in [2.24, 2.45) is 0 Å². The fraction of sp³-hybridized carbons (Fsp3) is 0.500. The predicted molar refractivity (Wildman–Crippen MR) is 114 cm³/mol. The van der Waals surface area contributed by atoms with E-state index >= 15 is 0 Å². The van der Waals surface area contributed by atoms with Crippen molar-refractivity contribution in [1.82, 2.24) is 15.5 Å². The highest BCUT2D eigenvalue weighted by atomic mass is 32.1. The molecular formula is C22H30FN3OS. The van der Waals surface area contributed by atoms with Crippen LogP contribution in [0.5, 0.6) is 0 Å². The maximum atomic E-state index is 14.2. The van der Waals surface area contributed by atoms with Crippen LogP contribution in [0.25, 0.3) is 0 Å². The lowest BCUT2D eigenvalue weighted by molar-refractivity contribution is 0.153. The van der Waals surface area contributed by atoms with Crippen LogP contribution in [0.2, 0.25) is 0 Å². The molecule has 1 aliphatic heterocycles. The molecule has 1 saturated heterocycles. The van der Waals surface area contributed by atoms with Crippen LogP contribution < -0.4 is 10.6 Å². The largest absolute Gasteiger partial charge is 0.467 e. The molecule has 6 heteroatoms. The van der Waals surface area contributed by atoms with Gasteiger partial charge in [0.25, 0.3) is 0 Å². The Kier molecular flexibility index (Phi) is 6.10. The van der Waals surface area contributed by atoms with Crippen LogP contribution in [0.1, 0.15) is 51.9 Å². The summed E-state index contributed by atoms with van der Waals surface area (Å²) in [6, 6.07) is 10.8. The summed E-state index contributed by atoms with van der Waals surface area (Å²) in [6.07, 6.45) is 3.57. The van der Waals surface area contributed by atoms with Gasteiger partial charge in [-0.2, -0.15) is 0 Å². The first-order valence-electron chi connectivity index (χ1n) is 9.74. The lowest BCUT2D eigenvalue weighted by Crippen LogP contribution is -2.62. The third-order valence-electron chi connectivity index (χ3n) is 5.05. The Balaban J connectivity index is 1.75. The molecule has 0 bridgehead atoms. The van der Waals surface area contributed by atoms with Crippen LogP contribution in [-0.4, -0.2) is 27.1 Å².